The Morgan fingerprint density at radius 2 is 2.33 bits per heavy atom. The third kappa shape index (κ3) is 3.00. The lowest BCUT2D eigenvalue weighted by atomic mass is 10.2. The summed E-state index contributed by atoms with van der Waals surface area (Å²) in [6.45, 7) is 3.35. The lowest BCUT2D eigenvalue weighted by Crippen LogP contribution is -2.26. The molecule has 0 saturated heterocycles. The van der Waals surface area contributed by atoms with Gasteiger partial charge in [-0.25, -0.2) is 9.97 Å². The van der Waals surface area contributed by atoms with Crippen molar-refractivity contribution in [1.82, 2.24) is 14.5 Å². The number of rotatable bonds is 7. The lowest BCUT2D eigenvalue weighted by Gasteiger charge is -2.09. The molecular weight excluding hydrogens is 310 g/mol. The van der Waals surface area contributed by atoms with E-state index >= 15 is 0 Å². The maximum Gasteiger partial charge on any atom is 0.244 e. The van der Waals surface area contributed by atoms with Crippen LogP contribution in [0.3, 0.4) is 0 Å². The standard InChI is InChI=1S/C16H19N5O3/c1-2-24-10-14-19-11-9-21(23)12-5-3-7-18-15(12)16(11)20(14)8-4-6-13(17)22/h3,5,7,9H,2,4,6,8,10H2,1H3,(H2,17,22). The highest BCUT2D eigenvalue weighted by Gasteiger charge is 2.19. The van der Waals surface area contributed by atoms with E-state index in [0.29, 0.717) is 48.6 Å². The number of imidazole rings is 1. The molecule has 0 aliphatic rings. The van der Waals surface area contributed by atoms with Crippen molar-refractivity contribution in [3.8, 4) is 0 Å². The number of nitrogens with two attached hydrogens (primary N) is 1. The van der Waals surface area contributed by atoms with Crippen LogP contribution in [0, 0.1) is 5.21 Å². The minimum absolute atomic E-state index is 0.285. The van der Waals surface area contributed by atoms with Crippen LogP contribution < -0.4 is 10.5 Å². The molecule has 0 aromatic carbocycles. The van der Waals surface area contributed by atoms with Crippen LogP contribution in [-0.2, 0) is 22.7 Å². The minimum Gasteiger partial charge on any atom is -0.618 e. The smallest absolute Gasteiger partial charge is 0.244 e. The number of fused-ring (bicyclic) bond motifs is 3. The van der Waals surface area contributed by atoms with Crippen LogP contribution in [0.2, 0.25) is 0 Å². The number of carbonyl (C=O) groups is 1. The van der Waals surface area contributed by atoms with Gasteiger partial charge in [-0.3, -0.25) is 4.79 Å². The van der Waals surface area contributed by atoms with E-state index in [1.54, 1.807) is 18.3 Å². The van der Waals surface area contributed by atoms with Gasteiger partial charge in [0.1, 0.15) is 17.9 Å². The fraction of sp³-hybridized carbons (Fsp3) is 0.375. The summed E-state index contributed by atoms with van der Waals surface area (Å²) in [6.07, 6.45) is 3.96. The Labute approximate surface area is 138 Å². The molecule has 0 saturated carbocycles. The number of hydrogen-bond acceptors (Lipinski definition) is 5. The van der Waals surface area contributed by atoms with E-state index in [4.69, 9.17) is 10.5 Å². The molecule has 8 heteroatoms. The number of ether oxygens (including phenoxy) is 1. The topological polar surface area (TPSA) is 110 Å². The average molecular weight is 329 g/mol. The molecular formula is C16H19N5O3. The van der Waals surface area contributed by atoms with E-state index in [9.17, 15) is 10.0 Å². The molecule has 24 heavy (non-hydrogen) atoms. The van der Waals surface area contributed by atoms with E-state index in [1.807, 2.05) is 11.5 Å². The Balaban J connectivity index is 2.15. The van der Waals surface area contributed by atoms with Crippen molar-refractivity contribution in [2.45, 2.75) is 32.9 Å². The fourth-order valence-corrected chi connectivity index (χ4v) is 2.75. The zero-order valence-corrected chi connectivity index (χ0v) is 13.4. The van der Waals surface area contributed by atoms with Crippen LogP contribution in [0.15, 0.2) is 24.5 Å². The van der Waals surface area contributed by atoms with Gasteiger partial charge in [0.05, 0.1) is 0 Å². The van der Waals surface area contributed by atoms with Crippen molar-refractivity contribution in [2.24, 2.45) is 5.73 Å². The Kier molecular flexibility index (Phi) is 4.57. The van der Waals surface area contributed by atoms with E-state index in [1.165, 1.54) is 6.20 Å². The molecule has 0 unspecified atom stereocenters. The first-order valence-corrected chi connectivity index (χ1v) is 7.84. The molecule has 3 heterocycles. The predicted octanol–water partition coefficient (Wildman–Crippen LogP) is 1.02. The van der Waals surface area contributed by atoms with Gasteiger partial charge < -0.3 is 20.2 Å². The van der Waals surface area contributed by atoms with Gasteiger partial charge >= 0.3 is 0 Å². The summed E-state index contributed by atoms with van der Waals surface area (Å²) < 4.78 is 8.21. The van der Waals surface area contributed by atoms with Crippen molar-refractivity contribution in [1.29, 1.82) is 0 Å². The Morgan fingerprint density at radius 3 is 3.08 bits per heavy atom. The molecule has 0 aliphatic carbocycles. The van der Waals surface area contributed by atoms with Crippen molar-refractivity contribution < 1.29 is 14.3 Å². The van der Waals surface area contributed by atoms with Gasteiger partial charge in [-0.2, -0.15) is 4.73 Å². The maximum atomic E-state index is 12.2. The first kappa shape index (κ1) is 16.1. The van der Waals surface area contributed by atoms with E-state index < -0.39 is 0 Å². The lowest BCUT2D eigenvalue weighted by molar-refractivity contribution is -0.575. The number of nitrogens with zero attached hydrogens (tertiary/aromatic N) is 4. The van der Waals surface area contributed by atoms with Gasteiger partial charge in [0, 0.05) is 31.8 Å². The van der Waals surface area contributed by atoms with Gasteiger partial charge in [-0.05, 0) is 19.4 Å². The van der Waals surface area contributed by atoms with Gasteiger partial charge in [0.2, 0.25) is 17.6 Å². The highest BCUT2D eigenvalue weighted by molar-refractivity contribution is 5.97. The van der Waals surface area contributed by atoms with Crippen molar-refractivity contribution in [3.05, 3.63) is 35.6 Å². The molecule has 3 aromatic heterocycles. The summed E-state index contributed by atoms with van der Waals surface area (Å²) in [7, 11) is 0. The monoisotopic (exact) mass is 329 g/mol. The summed E-state index contributed by atoms with van der Waals surface area (Å²) >= 11 is 0. The fourth-order valence-electron chi connectivity index (χ4n) is 2.75. The minimum atomic E-state index is -0.342. The molecule has 0 aliphatic heterocycles. The number of amides is 1. The molecule has 3 rings (SSSR count). The van der Waals surface area contributed by atoms with Crippen LogP contribution in [0.5, 0.6) is 0 Å². The van der Waals surface area contributed by atoms with E-state index in [0.717, 1.165) is 10.2 Å². The number of carbonyl (C=O) groups excluding carboxylic acids is 1. The Bertz CT molecular complexity index is 890. The number of pyridine rings is 2. The summed E-state index contributed by atoms with van der Waals surface area (Å²) in [5.41, 5.74) is 7.62. The Morgan fingerprint density at radius 1 is 1.50 bits per heavy atom. The number of primary amides is 1. The molecule has 8 nitrogen and oxygen atoms in total. The normalized spacial score (nSPS) is 11.4. The van der Waals surface area contributed by atoms with E-state index in [-0.39, 0.29) is 12.3 Å². The van der Waals surface area contributed by atoms with E-state index in [2.05, 4.69) is 9.97 Å². The molecule has 1 amide bonds. The number of aromatic nitrogens is 4. The van der Waals surface area contributed by atoms with Gasteiger partial charge in [0.25, 0.3) is 0 Å². The van der Waals surface area contributed by atoms with Crippen LogP contribution in [0.25, 0.3) is 22.1 Å². The maximum absolute atomic E-state index is 12.2. The molecule has 0 atom stereocenters. The van der Waals surface area contributed by atoms with Crippen LogP contribution in [0.1, 0.15) is 25.6 Å². The SMILES string of the molecule is CCOCc1nc2c[n+]([O-])c3cccnc3c2n1CCCC(N)=O. The summed E-state index contributed by atoms with van der Waals surface area (Å²) in [5, 5.41) is 12.2. The molecule has 0 spiro atoms. The summed E-state index contributed by atoms with van der Waals surface area (Å²) in [6, 6.07) is 3.44. The van der Waals surface area contributed by atoms with Crippen molar-refractivity contribution >= 4 is 28.0 Å². The predicted molar refractivity (Wildman–Crippen MR) is 87.8 cm³/mol. The van der Waals surface area contributed by atoms with Crippen LogP contribution in [-0.4, -0.2) is 27.0 Å². The van der Waals surface area contributed by atoms with Crippen molar-refractivity contribution in [3.63, 3.8) is 0 Å². The zero-order chi connectivity index (χ0) is 17.1. The quantitative estimate of drug-likeness (QED) is 0.514. The molecule has 3 aromatic rings. The number of hydrogen-bond donors (Lipinski definition) is 1. The van der Waals surface area contributed by atoms with Crippen molar-refractivity contribution in [2.75, 3.05) is 6.61 Å². The average Bonchev–Trinajstić information content (AvgIpc) is 2.90. The van der Waals surface area contributed by atoms with Gasteiger partial charge in [-0.1, -0.05) is 0 Å². The first-order chi connectivity index (χ1) is 11.6. The summed E-state index contributed by atoms with van der Waals surface area (Å²) in [4.78, 5) is 19.9. The third-order valence-electron chi connectivity index (χ3n) is 3.80. The summed E-state index contributed by atoms with van der Waals surface area (Å²) in [5.74, 6) is 0.362. The second kappa shape index (κ2) is 6.79. The largest absolute Gasteiger partial charge is 0.618 e. The third-order valence-corrected chi connectivity index (χ3v) is 3.80. The second-order valence-corrected chi connectivity index (χ2v) is 5.45. The second-order valence-electron chi connectivity index (χ2n) is 5.45. The molecule has 0 fully saturated rings. The Hall–Kier alpha value is -2.74. The van der Waals surface area contributed by atoms with Gasteiger partial charge in [0.15, 0.2) is 11.0 Å². The number of aryl methyl sites for hydroxylation is 1. The first-order valence-electron chi connectivity index (χ1n) is 7.84. The van der Waals surface area contributed by atoms with Crippen LogP contribution >= 0.6 is 0 Å². The zero-order valence-electron chi connectivity index (χ0n) is 13.4. The molecule has 2 N–H and O–H groups in total. The highest BCUT2D eigenvalue weighted by atomic mass is 16.5. The molecule has 0 bridgehead atoms. The highest BCUT2D eigenvalue weighted by Crippen LogP contribution is 2.23. The molecule has 0 radical (unpaired) electrons. The van der Waals surface area contributed by atoms with Gasteiger partial charge in [-0.15, -0.1) is 0 Å². The van der Waals surface area contributed by atoms with Crippen LogP contribution in [0.4, 0.5) is 0 Å². The molecule has 126 valence electrons.